The molecule has 0 unspecified atom stereocenters. The molecule has 0 amide bonds. The monoisotopic (exact) mass is 321 g/mol. The van der Waals surface area contributed by atoms with Crippen LogP contribution < -0.4 is 10.6 Å². The van der Waals surface area contributed by atoms with Crippen LogP contribution in [0.1, 0.15) is 19.8 Å². The van der Waals surface area contributed by atoms with E-state index in [0.717, 1.165) is 29.5 Å². The quantitative estimate of drug-likeness (QED) is 0.796. The number of rotatable bonds is 6. The molecule has 0 atom stereocenters. The van der Waals surface area contributed by atoms with Gasteiger partial charge >= 0.3 is 0 Å². The second-order valence-electron chi connectivity index (χ2n) is 4.08. The normalized spacial score (nSPS) is 10.2. The fraction of sp³-hybridized carbons (Fsp3) is 0.308. The number of anilines is 3. The van der Waals surface area contributed by atoms with Crippen molar-refractivity contribution in [2.75, 3.05) is 17.2 Å². The van der Waals surface area contributed by atoms with Crippen molar-refractivity contribution in [1.82, 2.24) is 15.2 Å². The molecule has 0 spiro atoms. The maximum absolute atomic E-state index is 4.36. The van der Waals surface area contributed by atoms with Gasteiger partial charge in [0.1, 0.15) is 0 Å². The number of aromatic nitrogens is 3. The molecule has 0 fully saturated rings. The third-order valence-corrected chi connectivity index (χ3v) is 2.96. The molecule has 19 heavy (non-hydrogen) atoms. The van der Waals surface area contributed by atoms with Gasteiger partial charge < -0.3 is 10.6 Å². The molecule has 1 aromatic heterocycles. The topological polar surface area (TPSA) is 62.7 Å². The van der Waals surface area contributed by atoms with Gasteiger partial charge in [0, 0.05) is 16.7 Å². The van der Waals surface area contributed by atoms with E-state index in [-0.39, 0.29) is 0 Å². The van der Waals surface area contributed by atoms with Gasteiger partial charge in [-0.2, -0.15) is 10.1 Å². The molecule has 2 rings (SSSR count). The molecule has 2 aromatic rings. The summed E-state index contributed by atoms with van der Waals surface area (Å²) in [5.41, 5.74) is 0.953. The molecule has 100 valence electrons. The van der Waals surface area contributed by atoms with Crippen LogP contribution in [0.15, 0.2) is 34.9 Å². The molecule has 0 saturated heterocycles. The number of unbranched alkanes of at least 4 members (excludes halogenated alkanes) is 1. The van der Waals surface area contributed by atoms with E-state index < -0.39 is 0 Å². The average Bonchev–Trinajstić information content (AvgIpc) is 2.39. The molecule has 6 heteroatoms. The fourth-order valence-corrected chi connectivity index (χ4v) is 1.93. The Morgan fingerprint density at radius 3 is 3.00 bits per heavy atom. The van der Waals surface area contributed by atoms with Crippen molar-refractivity contribution < 1.29 is 0 Å². The zero-order valence-electron chi connectivity index (χ0n) is 10.7. The molecule has 0 radical (unpaired) electrons. The molecular formula is C13H16BrN5. The summed E-state index contributed by atoms with van der Waals surface area (Å²) in [7, 11) is 0. The summed E-state index contributed by atoms with van der Waals surface area (Å²) in [6.45, 7) is 3.00. The average molecular weight is 322 g/mol. The smallest absolute Gasteiger partial charge is 0.244 e. The minimum atomic E-state index is 0.549. The van der Waals surface area contributed by atoms with E-state index in [2.05, 4.69) is 48.7 Å². The summed E-state index contributed by atoms with van der Waals surface area (Å²) >= 11 is 3.43. The molecular weight excluding hydrogens is 306 g/mol. The fourth-order valence-electron chi connectivity index (χ4n) is 1.53. The minimum absolute atomic E-state index is 0.549. The maximum atomic E-state index is 4.36. The Labute approximate surface area is 121 Å². The summed E-state index contributed by atoms with van der Waals surface area (Å²) in [6.07, 6.45) is 3.83. The van der Waals surface area contributed by atoms with Crippen LogP contribution >= 0.6 is 15.9 Å². The van der Waals surface area contributed by atoms with E-state index in [1.165, 1.54) is 0 Å². The van der Waals surface area contributed by atoms with Gasteiger partial charge in [-0.3, -0.25) is 0 Å². The molecule has 0 aliphatic heterocycles. The number of hydrogen-bond donors (Lipinski definition) is 2. The standard InChI is InChI=1S/C13H16BrN5/c1-2-3-7-15-13-18-12(9-16-19-13)17-11-6-4-5-10(14)8-11/h4-6,8-9H,2-3,7H2,1H3,(H2,15,17,18,19). The Hall–Kier alpha value is -1.69. The van der Waals surface area contributed by atoms with E-state index in [9.17, 15) is 0 Å². The zero-order chi connectivity index (χ0) is 13.5. The van der Waals surface area contributed by atoms with Crippen LogP contribution in [-0.2, 0) is 0 Å². The summed E-state index contributed by atoms with van der Waals surface area (Å²) in [5, 5.41) is 14.2. The molecule has 0 aliphatic carbocycles. The van der Waals surface area contributed by atoms with Crippen LogP contribution in [0.5, 0.6) is 0 Å². The van der Waals surface area contributed by atoms with Gasteiger partial charge in [0.25, 0.3) is 0 Å². The highest BCUT2D eigenvalue weighted by molar-refractivity contribution is 9.10. The highest BCUT2D eigenvalue weighted by atomic mass is 79.9. The minimum Gasteiger partial charge on any atom is -0.353 e. The van der Waals surface area contributed by atoms with E-state index in [0.29, 0.717) is 11.8 Å². The van der Waals surface area contributed by atoms with Gasteiger partial charge in [0.05, 0.1) is 6.20 Å². The SMILES string of the molecule is CCCCNc1nncc(Nc2cccc(Br)c2)n1. The van der Waals surface area contributed by atoms with Crippen molar-refractivity contribution in [3.63, 3.8) is 0 Å². The maximum Gasteiger partial charge on any atom is 0.244 e. The molecule has 1 aromatic carbocycles. The van der Waals surface area contributed by atoms with Crippen molar-refractivity contribution in [3.8, 4) is 0 Å². The van der Waals surface area contributed by atoms with E-state index >= 15 is 0 Å². The number of nitrogens with one attached hydrogen (secondary N) is 2. The lowest BCUT2D eigenvalue weighted by molar-refractivity contribution is 0.819. The van der Waals surface area contributed by atoms with Crippen LogP contribution in [0.25, 0.3) is 0 Å². The molecule has 2 N–H and O–H groups in total. The third-order valence-electron chi connectivity index (χ3n) is 2.47. The van der Waals surface area contributed by atoms with Crippen molar-refractivity contribution in [2.24, 2.45) is 0 Å². The largest absolute Gasteiger partial charge is 0.353 e. The van der Waals surface area contributed by atoms with Crippen molar-refractivity contribution >= 4 is 33.4 Å². The van der Waals surface area contributed by atoms with Crippen molar-refractivity contribution in [2.45, 2.75) is 19.8 Å². The van der Waals surface area contributed by atoms with E-state index in [1.807, 2.05) is 24.3 Å². The van der Waals surface area contributed by atoms with Crippen LogP contribution in [-0.4, -0.2) is 21.7 Å². The van der Waals surface area contributed by atoms with E-state index in [4.69, 9.17) is 0 Å². The van der Waals surface area contributed by atoms with Gasteiger partial charge in [0.2, 0.25) is 5.95 Å². The van der Waals surface area contributed by atoms with Crippen molar-refractivity contribution in [1.29, 1.82) is 0 Å². The Bertz CT molecular complexity index is 532. The highest BCUT2D eigenvalue weighted by Gasteiger charge is 2.01. The summed E-state index contributed by atoms with van der Waals surface area (Å²) in [4.78, 5) is 4.36. The van der Waals surface area contributed by atoms with Gasteiger partial charge in [-0.1, -0.05) is 35.3 Å². The lowest BCUT2D eigenvalue weighted by atomic mass is 10.3. The van der Waals surface area contributed by atoms with E-state index in [1.54, 1.807) is 6.20 Å². The van der Waals surface area contributed by atoms with Crippen LogP contribution in [0.2, 0.25) is 0 Å². The first-order valence-corrected chi connectivity index (χ1v) is 7.03. The first-order valence-electron chi connectivity index (χ1n) is 6.24. The second-order valence-corrected chi connectivity index (χ2v) is 5.00. The third kappa shape index (κ3) is 4.48. The van der Waals surface area contributed by atoms with Crippen LogP contribution in [0.3, 0.4) is 0 Å². The lowest BCUT2D eigenvalue weighted by Gasteiger charge is -2.07. The number of benzene rings is 1. The van der Waals surface area contributed by atoms with Gasteiger partial charge in [-0.15, -0.1) is 5.10 Å². The number of nitrogens with zero attached hydrogens (tertiary/aromatic N) is 3. The molecule has 5 nitrogen and oxygen atoms in total. The first kappa shape index (κ1) is 13.7. The molecule has 0 aliphatic rings. The molecule has 1 heterocycles. The second kappa shape index (κ2) is 7.04. The molecule has 0 saturated carbocycles. The van der Waals surface area contributed by atoms with Gasteiger partial charge in [-0.05, 0) is 24.6 Å². The molecule has 0 bridgehead atoms. The zero-order valence-corrected chi connectivity index (χ0v) is 12.3. The Kier molecular flexibility index (Phi) is 5.09. The van der Waals surface area contributed by atoms with Gasteiger partial charge in [0.15, 0.2) is 5.82 Å². The Morgan fingerprint density at radius 1 is 1.32 bits per heavy atom. The Morgan fingerprint density at radius 2 is 2.21 bits per heavy atom. The first-order chi connectivity index (χ1) is 9.28. The number of hydrogen-bond acceptors (Lipinski definition) is 5. The summed E-state index contributed by atoms with van der Waals surface area (Å²) in [6, 6.07) is 7.88. The predicted molar refractivity (Wildman–Crippen MR) is 80.6 cm³/mol. The van der Waals surface area contributed by atoms with Crippen LogP contribution in [0.4, 0.5) is 17.5 Å². The predicted octanol–water partition coefficient (Wildman–Crippen LogP) is 3.59. The summed E-state index contributed by atoms with van der Waals surface area (Å²) in [5.74, 6) is 1.22. The summed E-state index contributed by atoms with van der Waals surface area (Å²) < 4.78 is 1.01. The lowest BCUT2D eigenvalue weighted by Crippen LogP contribution is -2.07. The highest BCUT2D eigenvalue weighted by Crippen LogP contribution is 2.19. The van der Waals surface area contributed by atoms with Crippen molar-refractivity contribution in [3.05, 3.63) is 34.9 Å². The Balaban J connectivity index is 2.02. The van der Waals surface area contributed by atoms with Crippen LogP contribution in [0, 0.1) is 0 Å². The van der Waals surface area contributed by atoms with Gasteiger partial charge in [-0.25, -0.2) is 0 Å². The number of halogens is 1.